The van der Waals surface area contributed by atoms with Gasteiger partial charge in [0.25, 0.3) is 0 Å². The first-order chi connectivity index (χ1) is 7.54. The van der Waals surface area contributed by atoms with E-state index in [1.165, 1.54) is 0 Å². The molecule has 0 atom stereocenters. The minimum absolute atomic E-state index is 0.0493. The van der Waals surface area contributed by atoms with E-state index in [0.717, 1.165) is 12.3 Å². The normalized spacial score (nSPS) is 11.0. The second-order valence-corrected chi connectivity index (χ2v) is 4.75. The second kappa shape index (κ2) is 5.96. The van der Waals surface area contributed by atoms with Gasteiger partial charge in [-0.15, -0.1) is 0 Å². The lowest BCUT2D eigenvalue weighted by molar-refractivity contribution is 0.0658. The number of hydrogen-bond donors (Lipinski definition) is 1. The van der Waals surface area contributed by atoms with Gasteiger partial charge in [-0.2, -0.15) is 11.8 Å². The van der Waals surface area contributed by atoms with E-state index in [-0.39, 0.29) is 5.76 Å². The molecule has 0 fully saturated rings. The molecular formula is C11H17NO3S. The summed E-state index contributed by atoms with van der Waals surface area (Å²) in [6, 6.07) is 1.79. The summed E-state index contributed by atoms with van der Waals surface area (Å²) in [7, 11) is 1.99. The van der Waals surface area contributed by atoms with Crippen LogP contribution < -0.4 is 0 Å². The summed E-state index contributed by atoms with van der Waals surface area (Å²) in [5.74, 6) is 0.810. The topological polar surface area (TPSA) is 53.7 Å². The number of carboxylic acids is 1. The summed E-state index contributed by atoms with van der Waals surface area (Å²) in [5.41, 5.74) is 0.681. The van der Waals surface area contributed by atoms with Gasteiger partial charge in [0.1, 0.15) is 5.76 Å². The molecule has 0 amide bonds. The van der Waals surface area contributed by atoms with E-state index in [0.29, 0.717) is 17.9 Å². The van der Waals surface area contributed by atoms with Crippen LogP contribution in [0.15, 0.2) is 10.5 Å². The van der Waals surface area contributed by atoms with E-state index in [1.54, 1.807) is 24.8 Å². The third kappa shape index (κ3) is 3.57. The van der Waals surface area contributed by atoms with Gasteiger partial charge in [-0.05, 0) is 26.3 Å². The molecule has 1 N–H and O–H groups in total. The van der Waals surface area contributed by atoms with Crippen LogP contribution in [0.1, 0.15) is 21.9 Å². The minimum Gasteiger partial charge on any atom is -0.475 e. The molecule has 0 bridgehead atoms. The Kier molecular flexibility index (Phi) is 4.89. The highest BCUT2D eigenvalue weighted by atomic mass is 32.2. The quantitative estimate of drug-likeness (QED) is 0.829. The van der Waals surface area contributed by atoms with Crippen LogP contribution in [0.3, 0.4) is 0 Å². The fraction of sp³-hybridized carbons (Fsp3) is 0.545. The zero-order valence-electron chi connectivity index (χ0n) is 9.82. The van der Waals surface area contributed by atoms with E-state index in [1.807, 2.05) is 7.05 Å². The van der Waals surface area contributed by atoms with Crippen LogP contribution in [0.25, 0.3) is 0 Å². The first kappa shape index (κ1) is 13.1. The minimum atomic E-state index is -1.00. The van der Waals surface area contributed by atoms with Crippen molar-refractivity contribution in [2.24, 2.45) is 0 Å². The molecule has 0 radical (unpaired) electrons. The monoisotopic (exact) mass is 243 g/mol. The molecular weight excluding hydrogens is 226 g/mol. The maximum atomic E-state index is 10.8. The van der Waals surface area contributed by atoms with Crippen molar-refractivity contribution in [3.63, 3.8) is 0 Å². The van der Waals surface area contributed by atoms with E-state index in [2.05, 4.69) is 11.2 Å². The lowest BCUT2D eigenvalue weighted by Crippen LogP contribution is -2.20. The van der Waals surface area contributed by atoms with Crippen molar-refractivity contribution in [3.05, 3.63) is 23.2 Å². The van der Waals surface area contributed by atoms with E-state index in [9.17, 15) is 4.79 Å². The molecule has 0 aliphatic heterocycles. The van der Waals surface area contributed by atoms with Crippen molar-refractivity contribution in [2.75, 3.05) is 25.6 Å². The van der Waals surface area contributed by atoms with Crippen molar-refractivity contribution >= 4 is 17.7 Å². The van der Waals surface area contributed by atoms with Gasteiger partial charge in [0, 0.05) is 17.9 Å². The van der Waals surface area contributed by atoms with Gasteiger partial charge in [0.2, 0.25) is 5.76 Å². The summed E-state index contributed by atoms with van der Waals surface area (Å²) in [5, 5.41) is 8.84. The number of hydrogen-bond acceptors (Lipinski definition) is 4. The first-order valence-corrected chi connectivity index (χ1v) is 6.44. The Balaban J connectivity index is 2.60. The van der Waals surface area contributed by atoms with Crippen molar-refractivity contribution in [1.29, 1.82) is 0 Å². The van der Waals surface area contributed by atoms with Crippen LogP contribution >= 0.6 is 11.8 Å². The van der Waals surface area contributed by atoms with Crippen molar-refractivity contribution in [2.45, 2.75) is 13.5 Å². The lowest BCUT2D eigenvalue weighted by Gasteiger charge is -2.13. The highest BCUT2D eigenvalue weighted by molar-refractivity contribution is 7.98. The van der Waals surface area contributed by atoms with Crippen molar-refractivity contribution < 1.29 is 14.3 Å². The summed E-state index contributed by atoms with van der Waals surface area (Å²) in [6.45, 7) is 3.36. The van der Waals surface area contributed by atoms with Gasteiger partial charge < -0.3 is 9.52 Å². The van der Waals surface area contributed by atoms with Gasteiger partial charge in [-0.3, -0.25) is 4.90 Å². The summed E-state index contributed by atoms with van der Waals surface area (Å²) in [6.07, 6.45) is 2.06. The first-order valence-electron chi connectivity index (χ1n) is 5.04. The maximum absolute atomic E-state index is 10.8. The summed E-state index contributed by atoms with van der Waals surface area (Å²) in [4.78, 5) is 12.9. The maximum Gasteiger partial charge on any atom is 0.372 e. The van der Waals surface area contributed by atoms with E-state index >= 15 is 0 Å². The van der Waals surface area contributed by atoms with E-state index in [4.69, 9.17) is 9.52 Å². The standard InChI is InChI=1S/C11H17NO3S/c1-8-6-9(15-10(8)11(13)14)7-12(2)4-5-16-3/h6H,4-5,7H2,1-3H3,(H,13,14). The molecule has 0 spiro atoms. The number of rotatable bonds is 6. The molecule has 5 heteroatoms. The molecule has 1 aromatic heterocycles. The third-order valence-corrected chi connectivity index (χ3v) is 2.86. The Morgan fingerprint density at radius 1 is 1.62 bits per heavy atom. The highest BCUT2D eigenvalue weighted by Gasteiger charge is 2.14. The fourth-order valence-corrected chi connectivity index (χ4v) is 1.92. The van der Waals surface area contributed by atoms with Gasteiger partial charge in [-0.25, -0.2) is 4.79 Å². The summed E-state index contributed by atoms with van der Waals surface area (Å²) < 4.78 is 5.28. The molecule has 90 valence electrons. The summed E-state index contributed by atoms with van der Waals surface area (Å²) >= 11 is 1.79. The molecule has 0 aromatic carbocycles. The van der Waals surface area contributed by atoms with E-state index < -0.39 is 5.97 Å². The van der Waals surface area contributed by atoms with Gasteiger partial charge in [0.05, 0.1) is 6.54 Å². The Bertz CT molecular complexity index is 362. The predicted octanol–water partition coefficient (Wildman–Crippen LogP) is 2.08. The lowest BCUT2D eigenvalue weighted by atomic mass is 10.2. The average molecular weight is 243 g/mol. The SMILES string of the molecule is CSCCN(C)Cc1cc(C)c(C(=O)O)o1. The number of carbonyl (C=O) groups is 1. The van der Waals surface area contributed by atoms with Crippen molar-refractivity contribution in [1.82, 2.24) is 4.90 Å². The zero-order valence-corrected chi connectivity index (χ0v) is 10.6. The molecule has 0 unspecified atom stereocenters. The predicted molar refractivity (Wildman–Crippen MR) is 65.1 cm³/mol. The van der Waals surface area contributed by atoms with Gasteiger partial charge in [0.15, 0.2) is 0 Å². The van der Waals surface area contributed by atoms with Crippen LogP contribution in [0, 0.1) is 6.92 Å². The van der Waals surface area contributed by atoms with Gasteiger partial charge in [-0.1, -0.05) is 0 Å². The molecule has 4 nitrogen and oxygen atoms in total. The molecule has 0 aliphatic carbocycles. The number of aromatic carboxylic acids is 1. The molecule has 0 aliphatic rings. The van der Waals surface area contributed by atoms with Crippen LogP contribution in [0.2, 0.25) is 0 Å². The Morgan fingerprint density at radius 2 is 2.31 bits per heavy atom. The number of nitrogens with zero attached hydrogens (tertiary/aromatic N) is 1. The molecule has 16 heavy (non-hydrogen) atoms. The zero-order chi connectivity index (χ0) is 12.1. The molecule has 1 aromatic rings. The molecule has 1 rings (SSSR count). The highest BCUT2D eigenvalue weighted by Crippen LogP contribution is 2.15. The molecule has 0 saturated heterocycles. The molecule has 1 heterocycles. The number of furan rings is 1. The fourth-order valence-electron chi connectivity index (χ4n) is 1.43. The third-order valence-electron chi connectivity index (χ3n) is 2.27. The van der Waals surface area contributed by atoms with Crippen molar-refractivity contribution in [3.8, 4) is 0 Å². The average Bonchev–Trinajstić information content (AvgIpc) is 2.56. The second-order valence-electron chi connectivity index (χ2n) is 3.76. The Morgan fingerprint density at radius 3 is 2.81 bits per heavy atom. The number of aryl methyl sites for hydroxylation is 1. The van der Waals surface area contributed by atoms with Crippen LogP contribution in [-0.2, 0) is 6.54 Å². The Hall–Kier alpha value is -0.940. The van der Waals surface area contributed by atoms with Crippen LogP contribution in [-0.4, -0.2) is 41.6 Å². The Labute approximate surface area is 99.6 Å². The van der Waals surface area contributed by atoms with Gasteiger partial charge >= 0.3 is 5.97 Å². The number of thioether (sulfide) groups is 1. The molecule has 0 saturated carbocycles. The van der Waals surface area contributed by atoms with Crippen LogP contribution in [0.5, 0.6) is 0 Å². The largest absolute Gasteiger partial charge is 0.475 e. The van der Waals surface area contributed by atoms with Crippen LogP contribution in [0.4, 0.5) is 0 Å². The number of carboxylic acid groups (broad SMARTS) is 1. The smallest absolute Gasteiger partial charge is 0.372 e.